The highest BCUT2D eigenvalue weighted by molar-refractivity contribution is 5.38. The number of aliphatic hydroxyl groups excluding tert-OH is 1. The minimum Gasteiger partial charge on any atom is -0.390 e. The van der Waals surface area contributed by atoms with E-state index in [1.165, 1.54) is 11.1 Å². The molecule has 0 fully saturated rings. The molecule has 0 amide bonds. The van der Waals surface area contributed by atoms with Crippen molar-refractivity contribution in [1.29, 1.82) is 0 Å². The van der Waals surface area contributed by atoms with Gasteiger partial charge in [0.25, 0.3) is 0 Å². The predicted octanol–water partition coefficient (Wildman–Crippen LogP) is 3.04. The van der Waals surface area contributed by atoms with Crippen LogP contribution in [0.3, 0.4) is 0 Å². The van der Waals surface area contributed by atoms with Gasteiger partial charge in [0.05, 0.1) is 30.9 Å². The Kier molecular flexibility index (Phi) is 2.94. The number of rotatable bonds is 2. The number of hydrogen-bond donors (Lipinski definition) is 1. The van der Waals surface area contributed by atoms with Crippen molar-refractivity contribution in [2.45, 2.75) is 44.8 Å². The second kappa shape index (κ2) is 4.49. The summed E-state index contributed by atoms with van der Waals surface area (Å²) in [6.45, 7) is 4.66. The van der Waals surface area contributed by atoms with Gasteiger partial charge in [-0.2, -0.15) is 0 Å². The van der Waals surface area contributed by atoms with E-state index in [2.05, 4.69) is 47.7 Å². The normalized spacial score (nSPS) is 21.1. The van der Waals surface area contributed by atoms with Crippen molar-refractivity contribution in [1.82, 2.24) is 9.55 Å². The van der Waals surface area contributed by atoms with Gasteiger partial charge >= 0.3 is 0 Å². The van der Waals surface area contributed by atoms with E-state index in [1.807, 2.05) is 6.33 Å². The van der Waals surface area contributed by atoms with Crippen molar-refractivity contribution in [2.75, 3.05) is 0 Å². The number of benzene rings is 1. The van der Waals surface area contributed by atoms with Gasteiger partial charge < -0.3 is 9.67 Å². The molecule has 1 N–H and O–H groups in total. The highest BCUT2D eigenvalue weighted by Crippen LogP contribution is 2.43. The van der Waals surface area contributed by atoms with Gasteiger partial charge in [0.1, 0.15) is 0 Å². The summed E-state index contributed by atoms with van der Waals surface area (Å²) in [6, 6.07) is 8.96. The quantitative estimate of drug-likeness (QED) is 0.897. The Balaban J connectivity index is 2.11. The number of fused-ring (bicyclic) bond motifs is 1. The molecular formula is C16H20N2O. The third kappa shape index (κ3) is 1.98. The predicted molar refractivity (Wildman–Crippen MR) is 75.0 cm³/mol. The van der Waals surface area contributed by atoms with E-state index in [4.69, 9.17) is 0 Å². The van der Waals surface area contributed by atoms with Gasteiger partial charge in [-0.3, -0.25) is 0 Å². The highest BCUT2D eigenvalue weighted by Gasteiger charge is 2.33. The molecule has 1 heterocycles. The summed E-state index contributed by atoms with van der Waals surface area (Å²) in [6.07, 6.45) is 5.83. The molecule has 0 saturated carbocycles. The molecule has 1 aromatic carbocycles. The van der Waals surface area contributed by atoms with E-state index < -0.39 is 0 Å². The summed E-state index contributed by atoms with van der Waals surface area (Å²) in [7, 11) is 0. The van der Waals surface area contributed by atoms with Crippen molar-refractivity contribution in [3.8, 4) is 0 Å². The maximum Gasteiger partial charge on any atom is 0.0954 e. The molecule has 0 radical (unpaired) electrons. The van der Waals surface area contributed by atoms with Crippen LogP contribution in [0.1, 0.15) is 49.6 Å². The van der Waals surface area contributed by atoms with Crippen LogP contribution in [0.2, 0.25) is 0 Å². The molecule has 0 bridgehead atoms. The van der Waals surface area contributed by atoms with Crippen molar-refractivity contribution in [3.63, 3.8) is 0 Å². The molecular weight excluding hydrogens is 236 g/mol. The molecule has 1 unspecified atom stereocenters. The van der Waals surface area contributed by atoms with Crippen LogP contribution in [0.5, 0.6) is 0 Å². The number of aromatic nitrogens is 2. The summed E-state index contributed by atoms with van der Waals surface area (Å²) in [5.41, 5.74) is 3.90. The number of imidazole rings is 1. The van der Waals surface area contributed by atoms with E-state index in [-0.39, 0.29) is 12.0 Å². The fourth-order valence-corrected chi connectivity index (χ4v) is 3.22. The van der Waals surface area contributed by atoms with Crippen LogP contribution in [-0.4, -0.2) is 14.7 Å². The average molecular weight is 256 g/mol. The molecule has 0 spiro atoms. The maximum atomic E-state index is 9.43. The second-order valence-electron chi connectivity index (χ2n) is 5.98. The summed E-state index contributed by atoms with van der Waals surface area (Å²) in [4.78, 5) is 4.18. The van der Waals surface area contributed by atoms with Crippen LogP contribution < -0.4 is 0 Å². The van der Waals surface area contributed by atoms with Crippen molar-refractivity contribution < 1.29 is 5.11 Å². The van der Waals surface area contributed by atoms with Gasteiger partial charge in [-0.25, -0.2) is 4.98 Å². The molecule has 3 heteroatoms. The lowest BCUT2D eigenvalue weighted by molar-refractivity contribution is 0.263. The number of hydrogen-bond acceptors (Lipinski definition) is 2. The first kappa shape index (κ1) is 12.4. The van der Waals surface area contributed by atoms with Crippen molar-refractivity contribution in [3.05, 3.63) is 53.6 Å². The van der Waals surface area contributed by atoms with E-state index in [0.29, 0.717) is 6.04 Å². The fourth-order valence-electron chi connectivity index (χ4n) is 3.22. The monoisotopic (exact) mass is 256 g/mol. The Morgan fingerprint density at radius 2 is 2.16 bits per heavy atom. The Labute approximate surface area is 113 Å². The van der Waals surface area contributed by atoms with E-state index in [1.54, 1.807) is 6.20 Å². The van der Waals surface area contributed by atoms with E-state index in [0.717, 1.165) is 18.5 Å². The Hall–Kier alpha value is -1.61. The Morgan fingerprint density at radius 3 is 2.95 bits per heavy atom. The summed E-state index contributed by atoms with van der Waals surface area (Å²) < 4.78 is 2.12. The lowest BCUT2D eigenvalue weighted by atomic mass is 9.71. The van der Waals surface area contributed by atoms with Crippen LogP contribution in [-0.2, 0) is 12.0 Å². The van der Waals surface area contributed by atoms with Crippen molar-refractivity contribution in [2.24, 2.45) is 0 Å². The van der Waals surface area contributed by atoms with E-state index >= 15 is 0 Å². The molecule has 19 heavy (non-hydrogen) atoms. The molecule has 100 valence electrons. The van der Waals surface area contributed by atoms with E-state index in [9.17, 15) is 5.11 Å². The molecule has 1 aliphatic carbocycles. The average Bonchev–Trinajstić information content (AvgIpc) is 2.87. The van der Waals surface area contributed by atoms with Gasteiger partial charge in [0, 0.05) is 0 Å². The lowest BCUT2D eigenvalue weighted by Crippen LogP contribution is -2.29. The standard InChI is InChI=1S/C16H20N2O/c1-16(2)8-7-15(13-5-3-4-6-14(13)16)18-11-17-9-12(18)10-19/h3-6,9,11,15,19H,7-8,10H2,1-2H3. The molecule has 2 aromatic rings. The van der Waals surface area contributed by atoms with Gasteiger partial charge in [0.15, 0.2) is 0 Å². The minimum absolute atomic E-state index is 0.0437. The van der Waals surface area contributed by atoms with Crippen molar-refractivity contribution >= 4 is 0 Å². The molecule has 1 atom stereocenters. The van der Waals surface area contributed by atoms with Gasteiger partial charge in [-0.15, -0.1) is 0 Å². The van der Waals surface area contributed by atoms with Crippen LogP contribution >= 0.6 is 0 Å². The number of nitrogens with zero attached hydrogens (tertiary/aromatic N) is 2. The smallest absolute Gasteiger partial charge is 0.0954 e. The lowest BCUT2D eigenvalue weighted by Gasteiger charge is -2.38. The zero-order valence-corrected chi connectivity index (χ0v) is 11.5. The highest BCUT2D eigenvalue weighted by atomic mass is 16.3. The van der Waals surface area contributed by atoms with Gasteiger partial charge in [-0.05, 0) is 29.4 Å². The van der Waals surface area contributed by atoms with Crippen LogP contribution in [0.15, 0.2) is 36.8 Å². The zero-order chi connectivity index (χ0) is 13.5. The third-order valence-corrected chi connectivity index (χ3v) is 4.34. The molecule has 1 aliphatic rings. The first-order chi connectivity index (χ1) is 9.13. The third-order valence-electron chi connectivity index (χ3n) is 4.34. The number of aliphatic hydroxyl groups is 1. The minimum atomic E-state index is 0.0437. The topological polar surface area (TPSA) is 38.0 Å². The van der Waals surface area contributed by atoms with Gasteiger partial charge in [-0.1, -0.05) is 38.1 Å². The molecule has 3 rings (SSSR count). The Bertz CT molecular complexity index is 586. The molecule has 0 aliphatic heterocycles. The zero-order valence-electron chi connectivity index (χ0n) is 11.5. The summed E-state index contributed by atoms with van der Waals surface area (Å²) in [5, 5.41) is 9.43. The second-order valence-corrected chi connectivity index (χ2v) is 5.98. The van der Waals surface area contributed by atoms with Gasteiger partial charge in [0.2, 0.25) is 0 Å². The fraction of sp³-hybridized carbons (Fsp3) is 0.438. The van der Waals surface area contributed by atoms with Crippen LogP contribution in [0.4, 0.5) is 0 Å². The van der Waals surface area contributed by atoms with Crippen LogP contribution in [0, 0.1) is 0 Å². The van der Waals surface area contributed by atoms with Crippen LogP contribution in [0.25, 0.3) is 0 Å². The Morgan fingerprint density at radius 1 is 1.37 bits per heavy atom. The summed E-state index contributed by atoms with van der Waals surface area (Å²) >= 11 is 0. The largest absolute Gasteiger partial charge is 0.390 e. The first-order valence-corrected chi connectivity index (χ1v) is 6.84. The molecule has 0 saturated heterocycles. The maximum absolute atomic E-state index is 9.43. The SMILES string of the molecule is CC1(C)CCC(n2cncc2CO)c2ccccc21. The summed E-state index contributed by atoms with van der Waals surface area (Å²) in [5.74, 6) is 0. The molecule has 3 nitrogen and oxygen atoms in total. The molecule has 1 aromatic heterocycles. The first-order valence-electron chi connectivity index (χ1n) is 6.84.